The average molecular weight is 247 g/mol. The van der Waals surface area contributed by atoms with Gasteiger partial charge in [-0.2, -0.15) is 0 Å². The van der Waals surface area contributed by atoms with Crippen molar-refractivity contribution in [3.05, 3.63) is 22.4 Å². The van der Waals surface area contributed by atoms with Crippen LogP contribution in [0.2, 0.25) is 0 Å². The smallest absolute Gasteiger partial charge is 0.172 e. The molecule has 0 bridgehead atoms. The van der Waals surface area contributed by atoms with Crippen LogP contribution in [-0.2, 0) is 0 Å². The summed E-state index contributed by atoms with van der Waals surface area (Å²) >= 11 is 4.87. The van der Waals surface area contributed by atoms with Gasteiger partial charge in [-0.15, -0.1) is 11.3 Å². The van der Waals surface area contributed by atoms with E-state index in [1.54, 1.807) is 0 Å². The number of carbonyl (C=O) groups is 1. The monoisotopic (exact) mass is 246 g/mol. The highest BCUT2D eigenvalue weighted by Gasteiger charge is 2.04. The molecule has 12 heavy (non-hydrogen) atoms. The second kappa shape index (κ2) is 5.49. The van der Waals surface area contributed by atoms with Crippen LogP contribution in [0.15, 0.2) is 17.5 Å². The van der Waals surface area contributed by atoms with Gasteiger partial charge in [0.1, 0.15) is 0 Å². The predicted molar refractivity (Wildman–Crippen MR) is 56.3 cm³/mol. The maximum atomic E-state index is 11.4. The molecule has 66 valence electrons. The Bertz CT molecular complexity index is 231. The highest BCUT2D eigenvalue weighted by molar-refractivity contribution is 9.09. The van der Waals surface area contributed by atoms with Gasteiger partial charge in [-0.3, -0.25) is 4.79 Å². The second-order valence-corrected chi connectivity index (χ2v) is 4.29. The van der Waals surface area contributed by atoms with Crippen molar-refractivity contribution in [3.8, 4) is 0 Å². The molecule has 1 rings (SSSR count). The predicted octanol–water partition coefficient (Wildman–Crippen LogP) is 3.50. The van der Waals surface area contributed by atoms with Crippen molar-refractivity contribution in [2.45, 2.75) is 19.3 Å². The first-order valence-corrected chi connectivity index (χ1v) is 5.97. The van der Waals surface area contributed by atoms with Gasteiger partial charge in [-0.1, -0.05) is 22.0 Å². The molecule has 0 amide bonds. The summed E-state index contributed by atoms with van der Waals surface area (Å²) in [6.45, 7) is 0. The molecular formula is C9H11BrOS. The van der Waals surface area contributed by atoms with E-state index in [1.807, 2.05) is 17.5 Å². The Labute approximate surface area is 84.9 Å². The molecule has 0 atom stereocenters. The average Bonchev–Trinajstić information content (AvgIpc) is 2.56. The van der Waals surface area contributed by atoms with Crippen molar-refractivity contribution in [1.29, 1.82) is 0 Å². The summed E-state index contributed by atoms with van der Waals surface area (Å²) in [7, 11) is 0. The maximum absolute atomic E-state index is 11.4. The van der Waals surface area contributed by atoms with Gasteiger partial charge in [0.05, 0.1) is 4.88 Å². The number of carbonyl (C=O) groups excluding carboxylic acids is 1. The van der Waals surface area contributed by atoms with Crippen molar-refractivity contribution in [2.24, 2.45) is 0 Å². The number of hydrogen-bond acceptors (Lipinski definition) is 2. The molecule has 0 spiro atoms. The molecule has 0 aliphatic carbocycles. The van der Waals surface area contributed by atoms with Gasteiger partial charge < -0.3 is 0 Å². The molecule has 0 saturated heterocycles. The van der Waals surface area contributed by atoms with E-state index in [1.165, 1.54) is 11.3 Å². The number of halogens is 1. The molecule has 1 aromatic rings. The van der Waals surface area contributed by atoms with E-state index in [9.17, 15) is 4.79 Å². The standard InChI is InChI=1S/C9H11BrOS/c10-6-2-1-4-8(11)9-5-3-7-12-9/h3,5,7H,1-2,4,6H2. The first-order chi connectivity index (χ1) is 5.84. The third-order valence-corrected chi connectivity index (χ3v) is 3.06. The third-order valence-electron chi connectivity index (χ3n) is 1.58. The molecule has 1 nitrogen and oxygen atoms in total. The van der Waals surface area contributed by atoms with Crippen LogP contribution in [0.4, 0.5) is 0 Å². The van der Waals surface area contributed by atoms with Crippen LogP contribution in [0.3, 0.4) is 0 Å². The zero-order valence-corrected chi connectivity index (χ0v) is 9.16. The Morgan fingerprint density at radius 1 is 1.50 bits per heavy atom. The fraction of sp³-hybridized carbons (Fsp3) is 0.444. The van der Waals surface area contributed by atoms with E-state index >= 15 is 0 Å². The van der Waals surface area contributed by atoms with Gasteiger partial charge in [0.2, 0.25) is 0 Å². The summed E-state index contributed by atoms with van der Waals surface area (Å²) in [5.41, 5.74) is 0. The Balaban J connectivity index is 2.30. The van der Waals surface area contributed by atoms with Crippen LogP contribution in [-0.4, -0.2) is 11.1 Å². The number of rotatable bonds is 5. The van der Waals surface area contributed by atoms with Crippen molar-refractivity contribution >= 4 is 33.0 Å². The van der Waals surface area contributed by atoms with E-state index < -0.39 is 0 Å². The van der Waals surface area contributed by atoms with E-state index in [2.05, 4.69) is 15.9 Å². The van der Waals surface area contributed by atoms with E-state index in [4.69, 9.17) is 0 Å². The summed E-state index contributed by atoms with van der Waals surface area (Å²) in [4.78, 5) is 12.3. The quantitative estimate of drug-likeness (QED) is 0.442. The topological polar surface area (TPSA) is 17.1 Å². The second-order valence-electron chi connectivity index (χ2n) is 2.55. The maximum Gasteiger partial charge on any atom is 0.172 e. The van der Waals surface area contributed by atoms with Crippen molar-refractivity contribution < 1.29 is 4.79 Å². The number of thiophene rings is 1. The van der Waals surface area contributed by atoms with Crippen molar-refractivity contribution in [2.75, 3.05) is 5.33 Å². The van der Waals surface area contributed by atoms with Gasteiger partial charge in [-0.05, 0) is 24.3 Å². The van der Waals surface area contributed by atoms with Gasteiger partial charge in [-0.25, -0.2) is 0 Å². The highest BCUT2D eigenvalue weighted by atomic mass is 79.9. The zero-order chi connectivity index (χ0) is 8.81. The molecule has 0 aromatic carbocycles. The van der Waals surface area contributed by atoms with E-state index in [-0.39, 0.29) is 5.78 Å². The fourth-order valence-corrected chi connectivity index (χ4v) is 2.03. The Morgan fingerprint density at radius 2 is 2.33 bits per heavy atom. The molecule has 0 aliphatic rings. The lowest BCUT2D eigenvalue weighted by atomic mass is 10.2. The Hall–Kier alpha value is -0.150. The number of ketones is 1. The summed E-state index contributed by atoms with van der Waals surface area (Å²) < 4.78 is 0. The molecule has 0 N–H and O–H groups in total. The first-order valence-electron chi connectivity index (χ1n) is 3.97. The molecule has 3 heteroatoms. The largest absolute Gasteiger partial charge is 0.293 e. The van der Waals surface area contributed by atoms with Gasteiger partial charge in [0, 0.05) is 11.8 Å². The molecule has 0 saturated carbocycles. The molecular weight excluding hydrogens is 236 g/mol. The summed E-state index contributed by atoms with van der Waals surface area (Å²) in [5.74, 6) is 0.283. The molecule has 0 aliphatic heterocycles. The normalized spacial score (nSPS) is 10.1. The molecule has 0 fully saturated rings. The summed E-state index contributed by atoms with van der Waals surface area (Å²) in [5, 5.41) is 2.93. The fourth-order valence-electron chi connectivity index (χ4n) is 0.940. The minimum Gasteiger partial charge on any atom is -0.293 e. The number of hydrogen-bond donors (Lipinski definition) is 0. The van der Waals surface area contributed by atoms with Gasteiger partial charge in [0.15, 0.2) is 5.78 Å². The van der Waals surface area contributed by atoms with Crippen LogP contribution in [0.25, 0.3) is 0 Å². The molecule has 1 heterocycles. The van der Waals surface area contributed by atoms with Crippen LogP contribution < -0.4 is 0 Å². The lowest BCUT2D eigenvalue weighted by molar-refractivity contribution is 0.0984. The number of Topliss-reactive ketones (excluding diaryl/α,β-unsaturated/α-hetero) is 1. The van der Waals surface area contributed by atoms with Gasteiger partial charge in [0.25, 0.3) is 0 Å². The van der Waals surface area contributed by atoms with E-state index in [0.29, 0.717) is 6.42 Å². The highest BCUT2D eigenvalue weighted by Crippen LogP contribution is 2.13. The Morgan fingerprint density at radius 3 is 2.92 bits per heavy atom. The first kappa shape index (κ1) is 9.93. The molecule has 1 aromatic heterocycles. The SMILES string of the molecule is O=C(CCCCBr)c1cccs1. The van der Waals surface area contributed by atoms with Crippen molar-refractivity contribution in [1.82, 2.24) is 0 Å². The lowest BCUT2D eigenvalue weighted by Gasteiger charge is -1.95. The van der Waals surface area contributed by atoms with Crippen LogP contribution in [0.5, 0.6) is 0 Å². The van der Waals surface area contributed by atoms with Gasteiger partial charge >= 0.3 is 0 Å². The minimum absolute atomic E-state index is 0.283. The van der Waals surface area contributed by atoms with Crippen LogP contribution in [0.1, 0.15) is 28.9 Å². The summed E-state index contributed by atoms with van der Waals surface area (Å²) in [6, 6.07) is 3.81. The Kier molecular flexibility index (Phi) is 4.54. The third kappa shape index (κ3) is 3.07. The lowest BCUT2D eigenvalue weighted by Crippen LogP contribution is -1.95. The number of unbranched alkanes of at least 4 members (excludes halogenated alkanes) is 1. The van der Waals surface area contributed by atoms with E-state index in [0.717, 1.165) is 23.0 Å². The minimum atomic E-state index is 0.283. The number of alkyl halides is 1. The van der Waals surface area contributed by atoms with Crippen LogP contribution >= 0.6 is 27.3 Å². The van der Waals surface area contributed by atoms with Crippen LogP contribution in [0, 0.1) is 0 Å². The molecule has 0 radical (unpaired) electrons. The summed E-state index contributed by atoms with van der Waals surface area (Å²) in [6.07, 6.45) is 2.76. The van der Waals surface area contributed by atoms with Crippen molar-refractivity contribution in [3.63, 3.8) is 0 Å². The molecule has 0 unspecified atom stereocenters. The zero-order valence-electron chi connectivity index (χ0n) is 6.75.